The number of nitrogens with two attached hydrogens (primary N) is 2. The lowest BCUT2D eigenvalue weighted by molar-refractivity contribution is -0.141. The Bertz CT molecular complexity index is 1630. The number of carboxylic acid groups (broad SMARTS) is 1. The number of hydrogen-bond donors (Lipinski definition) is 12. The Kier molecular flexibility index (Phi) is 27.0. The molecule has 24 nitrogen and oxygen atoms in total. The molecular formula is C39H65N9O15Si. The van der Waals surface area contributed by atoms with Gasteiger partial charge in [0, 0.05) is 38.6 Å². The number of rotatable bonds is 29. The summed E-state index contributed by atoms with van der Waals surface area (Å²) in [7, 11) is -4.03. The summed E-state index contributed by atoms with van der Waals surface area (Å²) in [6.45, 7) is 1.94. The minimum absolute atomic E-state index is 0.0284. The molecule has 1 aliphatic heterocycles. The lowest BCUT2D eigenvalue weighted by Gasteiger charge is -2.26. The summed E-state index contributed by atoms with van der Waals surface area (Å²) in [4.78, 5) is 122. The first-order valence-electron chi connectivity index (χ1n) is 21.1. The number of carbonyl (C=O) groups is 7. The van der Waals surface area contributed by atoms with Crippen molar-refractivity contribution < 1.29 is 72.0 Å². The van der Waals surface area contributed by atoms with Crippen LogP contribution in [0.4, 0.5) is 0 Å². The quantitative estimate of drug-likeness (QED) is 0.0157. The Hall–Kier alpha value is -5.28. The van der Waals surface area contributed by atoms with Gasteiger partial charge in [-0.2, -0.15) is 0 Å². The van der Waals surface area contributed by atoms with Gasteiger partial charge in [-0.1, -0.05) is 30.3 Å². The van der Waals surface area contributed by atoms with Gasteiger partial charge >= 0.3 is 14.8 Å². The van der Waals surface area contributed by atoms with Crippen LogP contribution in [0.3, 0.4) is 0 Å². The second-order valence-electron chi connectivity index (χ2n) is 14.7. The fourth-order valence-corrected chi connectivity index (χ4v) is 6.58. The minimum Gasteiger partial charge on any atom is -0.481 e. The number of unbranched alkanes of at least 4 members (excludes halogenated alkanes) is 1. The zero-order valence-corrected chi connectivity index (χ0v) is 36.9. The maximum absolute atomic E-state index is 13.9. The van der Waals surface area contributed by atoms with Gasteiger partial charge in [0.25, 0.3) is 0 Å². The van der Waals surface area contributed by atoms with Crippen LogP contribution < -0.4 is 43.4 Å². The number of aliphatic imine (C=N–C) groups is 1. The van der Waals surface area contributed by atoms with Crippen LogP contribution in [0, 0.1) is 0 Å². The largest absolute Gasteiger partial charge is 0.492 e. The van der Waals surface area contributed by atoms with E-state index in [1.807, 2.05) is 0 Å². The minimum atomic E-state index is -4.03. The summed E-state index contributed by atoms with van der Waals surface area (Å²) >= 11 is 0. The number of nitrogens with zero attached hydrogens (tertiary/aromatic N) is 1. The molecule has 0 aromatic heterocycles. The van der Waals surface area contributed by atoms with E-state index in [4.69, 9.17) is 44.8 Å². The van der Waals surface area contributed by atoms with Crippen LogP contribution in [0.15, 0.2) is 35.3 Å². The molecule has 1 fully saturated rings. The predicted octanol–water partition coefficient (Wildman–Crippen LogP) is -4.12. The van der Waals surface area contributed by atoms with E-state index >= 15 is 0 Å². The van der Waals surface area contributed by atoms with E-state index in [9.17, 15) is 38.7 Å². The molecule has 1 saturated heterocycles. The van der Waals surface area contributed by atoms with Crippen LogP contribution in [-0.2, 0) is 58.9 Å². The number of guanidine groups is 1. The van der Waals surface area contributed by atoms with Crippen molar-refractivity contribution in [3.63, 3.8) is 0 Å². The van der Waals surface area contributed by atoms with Crippen molar-refractivity contribution in [3.05, 3.63) is 35.9 Å². The molecule has 1 aromatic rings. The molecule has 0 aliphatic carbocycles. The molecule has 0 bridgehead atoms. The van der Waals surface area contributed by atoms with Gasteiger partial charge < -0.3 is 81.8 Å². The summed E-state index contributed by atoms with van der Waals surface area (Å²) in [5.74, 6) is -6.00. The Morgan fingerprint density at radius 2 is 1.23 bits per heavy atom. The smallest absolute Gasteiger partial charge is 0.481 e. The first-order chi connectivity index (χ1) is 30.5. The van der Waals surface area contributed by atoms with E-state index < -0.39 is 81.4 Å². The highest BCUT2D eigenvalue weighted by Gasteiger charge is 2.33. The maximum atomic E-state index is 13.9. The highest BCUT2D eigenvalue weighted by Crippen LogP contribution is 2.10. The number of carbonyl (C=O) groups excluding carboxylic acids is 6. The molecule has 360 valence electrons. The molecular weight excluding hydrogens is 863 g/mol. The molecule has 1 aliphatic rings. The molecule has 0 radical (unpaired) electrons. The van der Waals surface area contributed by atoms with Gasteiger partial charge in [0.2, 0.25) is 35.4 Å². The molecule has 6 amide bonds. The lowest BCUT2D eigenvalue weighted by atomic mass is 10.0. The summed E-state index contributed by atoms with van der Waals surface area (Å²) in [6, 6.07) is 3.16. The van der Waals surface area contributed by atoms with Gasteiger partial charge in [-0.05, 0) is 44.1 Å². The van der Waals surface area contributed by atoms with Crippen molar-refractivity contribution in [1.82, 2.24) is 31.9 Å². The van der Waals surface area contributed by atoms with Gasteiger partial charge in [-0.15, -0.1) is 0 Å². The van der Waals surface area contributed by atoms with E-state index in [1.165, 1.54) is 0 Å². The van der Waals surface area contributed by atoms with Crippen molar-refractivity contribution in [2.24, 2.45) is 16.5 Å². The van der Waals surface area contributed by atoms with E-state index in [-0.39, 0.29) is 89.5 Å². The van der Waals surface area contributed by atoms with Crippen molar-refractivity contribution in [2.75, 3.05) is 72.5 Å². The highest BCUT2D eigenvalue weighted by atomic mass is 28.4. The number of benzene rings is 1. The fraction of sp³-hybridized carbons (Fsp3) is 0.641. The zero-order chi connectivity index (χ0) is 47.2. The topological polar surface area (TPSA) is 374 Å². The fourth-order valence-electron chi connectivity index (χ4n) is 5.96. The highest BCUT2D eigenvalue weighted by molar-refractivity contribution is 6.56. The molecule has 14 N–H and O–H groups in total. The zero-order valence-electron chi connectivity index (χ0n) is 35.9. The molecule has 1 heterocycles. The van der Waals surface area contributed by atoms with E-state index in [2.05, 4.69) is 36.9 Å². The van der Waals surface area contributed by atoms with Crippen molar-refractivity contribution in [1.29, 1.82) is 0 Å². The Morgan fingerprint density at radius 3 is 1.84 bits per heavy atom. The number of hydrogen-bond acceptors (Lipinski definition) is 15. The van der Waals surface area contributed by atoms with Gasteiger partial charge in [-0.3, -0.25) is 38.6 Å². The van der Waals surface area contributed by atoms with Crippen LogP contribution in [0.25, 0.3) is 0 Å². The van der Waals surface area contributed by atoms with Crippen molar-refractivity contribution in [3.8, 4) is 0 Å². The average molecular weight is 928 g/mol. The Morgan fingerprint density at radius 1 is 0.688 bits per heavy atom. The van der Waals surface area contributed by atoms with E-state index in [1.54, 1.807) is 30.3 Å². The van der Waals surface area contributed by atoms with Crippen LogP contribution in [-0.4, -0.2) is 172 Å². The normalized spacial score (nSPS) is 18.9. The molecule has 25 heteroatoms. The van der Waals surface area contributed by atoms with Gasteiger partial charge in [-0.25, -0.2) is 0 Å². The standard InChI is InChI=1S/C39H65N9O15Si/c40-39(41)43-14-6-11-28-36(54)46-29(10-4-5-13-42-32(49)12-16-61-18-20-63-22-21-62-19-17-60-15-7-23-64(57,58)59)37(55)47-30(24-27-8-2-1-3-9-27)38(56)48-31(25-34(51)52)35(53)44-26-33(50)45-28/h1-3,8-9,28-31,57-59H,4-7,10-26H2,(H,42,49)(H,44,53)(H,45,50)(H,46,54)(H,47,55)(H,48,56)(H,51,52)(H4,40,41,43). The maximum Gasteiger partial charge on any atom is 0.492 e. The molecule has 1 aromatic carbocycles. The van der Waals surface area contributed by atoms with E-state index in [0.29, 0.717) is 51.3 Å². The van der Waals surface area contributed by atoms with Crippen molar-refractivity contribution in [2.45, 2.75) is 88.0 Å². The third kappa shape index (κ3) is 26.4. The third-order valence-electron chi connectivity index (χ3n) is 9.21. The number of carboxylic acids is 1. The van der Waals surface area contributed by atoms with Crippen molar-refractivity contribution >= 4 is 56.2 Å². The molecule has 4 atom stereocenters. The summed E-state index contributed by atoms with van der Waals surface area (Å²) in [6.07, 6.45) is 0.560. The molecule has 64 heavy (non-hydrogen) atoms. The van der Waals surface area contributed by atoms with Crippen LogP contribution in [0.2, 0.25) is 6.04 Å². The Balaban J connectivity index is 1.96. The van der Waals surface area contributed by atoms with E-state index in [0.717, 1.165) is 0 Å². The molecule has 4 unspecified atom stereocenters. The number of aliphatic carboxylic acids is 1. The second-order valence-corrected chi connectivity index (χ2v) is 16.7. The first kappa shape index (κ1) is 54.8. The molecule has 2 rings (SSSR count). The van der Waals surface area contributed by atoms with Crippen LogP contribution in [0.5, 0.6) is 0 Å². The van der Waals surface area contributed by atoms with Crippen LogP contribution in [0.1, 0.15) is 56.9 Å². The third-order valence-corrected chi connectivity index (χ3v) is 10.2. The van der Waals surface area contributed by atoms with Gasteiger partial charge in [0.1, 0.15) is 24.2 Å². The predicted molar refractivity (Wildman–Crippen MR) is 230 cm³/mol. The summed E-state index contributed by atoms with van der Waals surface area (Å²) in [5, 5.41) is 24.8. The number of ether oxygens (including phenoxy) is 4. The molecule has 0 saturated carbocycles. The van der Waals surface area contributed by atoms with Gasteiger partial charge in [0.15, 0.2) is 5.96 Å². The molecule has 0 spiro atoms. The summed E-state index contributed by atoms with van der Waals surface area (Å²) < 4.78 is 21.5. The SMILES string of the molecule is NC(N)=NCCCC1NC(=O)CNC(=O)C(CC(=O)O)NC(=O)C(Cc2ccccc2)NC(=O)C(CCCCNC(=O)CCOCCOCCOCCOCCC[Si](O)(O)O)NC1=O. The number of amides is 6. The Labute approximate surface area is 372 Å². The lowest BCUT2D eigenvalue weighted by Crippen LogP contribution is -2.58. The summed E-state index contributed by atoms with van der Waals surface area (Å²) in [5.41, 5.74) is 11.5. The average Bonchev–Trinajstić information content (AvgIpc) is 3.23. The first-order valence-corrected chi connectivity index (χ1v) is 23.1. The monoisotopic (exact) mass is 927 g/mol. The number of nitrogens with one attached hydrogen (secondary N) is 6. The second kappa shape index (κ2) is 31.5. The van der Waals surface area contributed by atoms with Crippen LogP contribution >= 0.6 is 0 Å². The van der Waals surface area contributed by atoms with Gasteiger partial charge in [0.05, 0.1) is 59.2 Å².